The van der Waals surface area contributed by atoms with Gasteiger partial charge in [0.25, 0.3) is 5.56 Å². The van der Waals surface area contributed by atoms with Gasteiger partial charge in [0.1, 0.15) is 5.82 Å². The van der Waals surface area contributed by atoms with Crippen molar-refractivity contribution in [3.8, 4) is 0 Å². The molecule has 0 aromatic carbocycles. The fourth-order valence-corrected chi connectivity index (χ4v) is 1.18. The van der Waals surface area contributed by atoms with Gasteiger partial charge in [-0.2, -0.15) is 5.10 Å². The van der Waals surface area contributed by atoms with E-state index in [2.05, 4.69) is 10.1 Å². The van der Waals surface area contributed by atoms with Crippen molar-refractivity contribution >= 4 is 12.0 Å². The van der Waals surface area contributed by atoms with Crippen molar-refractivity contribution in [3.63, 3.8) is 0 Å². The van der Waals surface area contributed by atoms with E-state index in [0.717, 1.165) is 11.0 Å². The van der Waals surface area contributed by atoms with E-state index in [9.17, 15) is 9.59 Å². The molecule has 0 bridgehead atoms. The smallest absolute Gasteiger partial charge is 0.292 e. The van der Waals surface area contributed by atoms with Crippen LogP contribution < -0.4 is 16.3 Å². The highest BCUT2D eigenvalue weighted by molar-refractivity contribution is 5.58. The molecule has 88 valence electrons. The fraction of sp³-hybridized carbons (Fsp3) is 0.500. The molecule has 0 atom stereocenters. The molecule has 1 aromatic rings. The van der Waals surface area contributed by atoms with Crippen molar-refractivity contribution in [3.05, 3.63) is 26.9 Å². The summed E-state index contributed by atoms with van der Waals surface area (Å²) in [5.41, 5.74) is -0.781. The summed E-state index contributed by atoms with van der Waals surface area (Å²) in [6.45, 7) is 4.44. The Labute approximate surface area is 93.2 Å². The van der Waals surface area contributed by atoms with E-state index in [1.165, 1.54) is 13.1 Å². The van der Waals surface area contributed by atoms with Crippen LogP contribution in [0, 0.1) is 0 Å². The molecule has 16 heavy (non-hydrogen) atoms. The van der Waals surface area contributed by atoms with Gasteiger partial charge in [-0.3, -0.25) is 14.3 Å². The summed E-state index contributed by atoms with van der Waals surface area (Å²) in [6.07, 6.45) is 2.52. The number of aromatic amines is 1. The van der Waals surface area contributed by atoms with E-state index < -0.39 is 5.69 Å². The van der Waals surface area contributed by atoms with Gasteiger partial charge in [-0.05, 0) is 13.3 Å². The van der Waals surface area contributed by atoms with Crippen LogP contribution >= 0.6 is 0 Å². The SMILES string of the molecule is CC/C=N/N(CC)c1cc(=O)n(C)c(=O)[nH]1. The molecule has 0 unspecified atom stereocenters. The first-order valence-corrected chi connectivity index (χ1v) is 5.20. The third-order valence-electron chi connectivity index (χ3n) is 2.11. The Bertz CT molecular complexity index is 455. The van der Waals surface area contributed by atoms with E-state index in [4.69, 9.17) is 0 Å². The third kappa shape index (κ3) is 2.59. The van der Waals surface area contributed by atoms with Gasteiger partial charge in [0.2, 0.25) is 0 Å². The van der Waals surface area contributed by atoms with E-state index in [-0.39, 0.29) is 5.56 Å². The number of nitrogens with zero attached hydrogens (tertiary/aromatic N) is 3. The lowest BCUT2D eigenvalue weighted by Crippen LogP contribution is -2.34. The zero-order valence-electron chi connectivity index (χ0n) is 9.73. The molecule has 6 nitrogen and oxygen atoms in total. The Morgan fingerprint density at radius 2 is 2.19 bits per heavy atom. The first kappa shape index (κ1) is 12.2. The predicted molar refractivity (Wildman–Crippen MR) is 64.1 cm³/mol. The number of hydrogen-bond donors (Lipinski definition) is 1. The lowest BCUT2D eigenvalue weighted by molar-refractivity contribution is 0.756. The first-order valence-electron chi connectivity index (χ1n) is 5.20. The van der Waals surface area contributed by atoms with Crippen molar-refractivity contribution < 1.29 is 0 Å². The topological polar surface area (TPSA) is 70.5 Å². The van der Waals surface area contributed by atoms with Crippen molar-refractivity contribution in [2.75, 3.05) is 11.6 Å². The van der Waals surface area contributed by atoms with Crippen LogP contribution in [0.4, 0.5) is 5.82 Å². The Morgan fingerprint density at radius 1 is 1.50 bits per heavy atom. The summed E-state index contributed by atoms with van der Waals surface area (Å²) in [7, 11) is 1.43. The van der Waals surface area contributed by atoms with Gasteiger partial charge in [-0.25, -0.2) is 9.80 Å². The fourth-order valence-electron chi connectivity index (χ4n) is 1.18. The number of rotatable bonds is 4. The third-order valence-corrected chi connectivity index (χ3v) is 2.11. The normalized spacial score (nSPS) is 10.9. The second kappa shape index (κ2) is 5.29. The Hall–Kier alpha value is -1.85. The molecule has 6 heteroatoms. The van der Waals surface area contributed by atoms with Crippen LogP contribution in [0.1, 0.15) is 20.3 Å². The highest BCUT2D eigenvalue weighted by Crippen LogP contribution is 2.04. The molecule has 0 aliphatic heterocycles. The molecule has 0 amide bonds. The van der Waals surface area contributed by atoms with Crippen LogP contribution in [0.3, 0.4) is 0 Å². The number of hydrogen-bond acceptors (Lipinski definition) is 4. The van der Waals surface area contributed by atoms with E-state index in [1.807, 2.05) is 13.8 Å². The van der Waals surface area contributed by atoms with Crippen LogP contribution in [0.15, 0.2) is 20.8 Å². The summed E-state index contributed by atoms with van der Waals surface area (Å²) < 4.78 is 1.01. The summed E-state index contributed by atoms with van der Waals surface area (Å²) in [5, 5.41) is 5.71. The number of H-pyrrole nitrogens is 1. The van der Waals surface area contributed by atoms with Crippen molar-refractivity contribution in [1.29, 1.82) is 0 Å². The average Bonchev–Trinajstić information content (AvgIpc) is 2.26. The molecule has 0 saturated carbocycles. The first-order chi connectivity index (χ1) is 7.60. The molecule has 1 N–H and O–H groups in total. The van der Waals surface area contributed by atoms with Gasteiger partial charge in [-0.1, -0.05) is 6.92 Å². The number of hydrazone groups is 1. The minimum absolute atomic E-state index is 0.344. The molecule has 1 aromatic heterocycles. The van der Waals surface area contributed by atoms with Gasteiger partial charge in [0.15, 0.2) is 0 Å². The molecule has 0 aliphatic rings. The molecule has 0 radical (unpaired) electrons. The minimum Gasteiger partial charge on any atom is -0.292 e. The maximum Gasteiger partial charge on any atom is 0.329 e. The highest BCUT2D eigenvalue weighted by Gasteiger charge is 2.05. The molecular formula is C10H16N4O2. The Morgan fingerprint density at radius 3 is 2.69 bits per heavy atom. The lowest BCUT2D eigenvalue weighted by atomic mass is 10.5. The molecule has 1 rings (SSSR count). The van der Waals surface area contributed by atoms with Gasteiger partial charge < -0.3 is 0 Å². The predicted octanol–water partition coefficient (Wildman–Crippen LogP) is 0.296. The van der Waals surface area contributed by atoms with Crippen LogP contribution in [-0.2, 0) is 7.05 Å². The van der Waals surface area contributed by atoms with Gasteiger partial charge in [-0.15, -0.1) is 0 Å². The van der Waals surface area contributed by atoms with Crippen LogP contribution in [-0.4, -0.2) is 22.3 Å². The van der Waals surface area contributed by atoms with E-state index >= 15 is 0 Å². The standard InChI is InChI=1S/C10H16N4O2/c1-4-6-11-14(5-2)8-7-9(15)13(3)10(16)12-8/h6-7H,4-5H2,1-3H3,(H,12,16)/b11-6+. The Balaban J connectivity index is 3.17. The van der Waals surface area contributed by atoms with Gasteiger partial charge >= 0.3 is 5.69 Å². The lowest BCUT2D eigenvalue weighted by Gasteiger charge is -2.15. The quantitative estimate of drug-likeness (QED) is 0.590. The summed E-state index contributed by atoms with van der Waals surface area (Å²) >= 11 is 0. The number of aromatic nitrogens is 2. The zero-order valence-corrected chi connectivity index (χ0v) is 9.73. The van der Waals surface area contributed by atoms with Gasteiger partial charge in [0, 0.05) is 25.9 Å². The highest BCUT2D eigenvalue weighted by atomic mass is 16.2. The molecule has 0 fully saturated rings. The van der Waals surface area contributed by atoms with Crippen LogP contribution in [0.25, 0.3) is 0 Å². The zero-order chi connectivity index (χ0) is 12.1. The molecule has 0 spiro atoms. The second-order valence-corrected chi connectivity index (χ2v) is 3.28. The van der Waals surface area contributed by atoms with Gasteiger partial charge in [0.05, 0.1) is 0 Å². The van der Waals surface area contributed by atoms with E-state index in [0.29, 0.717) is 12.4 Å². The summed E-state index contributed by atoms with van der Waals surface area (Å²) in [6, 6.07) is 1.36. The summed E-state index contributed by atoms with van der Waals surface area (Å²) in [5.74, 6) is 0.417. The summed E-state index contributed by atoms with van der Waals surface area (Å²) in [4.78, 5) is 25.4. The van der Waals surface area contributed by atoms with Crippen molar-refractivity contribution in [1.82, 2.24) is 9.55 Å². The minimum atomic E-state index is -0.437. The molecule has 0 saturated heterocycles. The Kier molecular flexibility index (Phi) is 4.04. The molecule has 0 aliphatic carbocycles. The molecular weight excluding hydrogens is 208 g/mol. The molecule has 1 heterocycles. The average molecular weight is 224 g/mol. The second-order valence-electron chi connectivity index (χ2n) is 3.28. The van der Waals surface area contributed by atoms with Crippen LogP contribution in [0.2, 0.25) is 0 Å². The largest absolute Gasteiger partial charge is 0.329 e. The van der Waals surface area contributed by atoms with Crippen molar-refractivity contribution in [2.24, 2.45) is 12.1 Å². The maximum atomic E-state index is 11.4. The monoisotopic (exact) mass is 224 g/mol. The number of anilines is 1. The van der Waals surface area contributed by atoms with Crippen molar-refractivity contribution in [2.45, 2.75) is 20.3 Å². The maximum absolute atomic E-state index is 11.4. The van der Waals surface area contributed by atoms with E-state index in [1.54, 1.807) is 11.2 Å². The number of nitrogens with one attached hydrogen (secondary N) is 1. The van der Waals surface area contributed by atoms with Crippen LogP contribution in [0.5, 0.6) is 0 Å².